The number of carbonyl (C=O) groups is 1. The molecule has 1 aromatic carbocycles. The minimum atomic E-state index is -3.57. The third kappa shape index (κ3) is 7.44. The molecule has 1 amide bonds. The summed E-state index contributed by atoms with van der Waals surface area (Å²) in [5, 5.41) is 14.0. The molecule has 1 aromatic heterocycles. The van der Waals surface area contributed by atoms with E-state index < -0.39 is 28.2 Å². The molecule has 2 unspecified atom stereocenters. The second-order valence-electron chi connectivity index (χ2n) is 10.3. The van der Waals surface area contributed by atoms with Gasteiger partial charge in [0.05, 0.1) is 12.3 Å². The van der Waals surface area contributed by atoms with Crippen LogP contribution in [-0.2, 0) is 14.8 Å². The van der Waals surface area contributed by atoms with Gasteiger partial charge in [-0.3, -0.25) is 9.52 Å². The molecule has 2 fully saturated rings. The minimum Gasteiger partial charge on any atom is -0.438 e. The van der Waals surface area contributed by atoms with Crippen LogP contribution < -0.4 is 10.0 Å². The average Bonchev–Trinajstić information content (AvgIpc) is 3.56. The van der Waals surface area contributed by atoms with E-state index in [9.17, 15) is 18.3 Å². The fourth-order valence-corrected chi connectivity index (χ4v) is 5.76. The number of nitrogens with one attached hydrogen (secondary N) is 2. The molecule has 0 radical (unpaired) electrons. The summed E-state index contributed by atoms with van der Waals surface area (Å²) in [6.45, 7) is 3.25. The van der Waals surface area contributed by atoms with Crippen molar-refractivity contribution in [3.63, 3.8) is 0 Å². The first-order chi connectivity index (χ1) is 17.7. The maximum absolute atomic E-state index is 13.6. The van der Waals surface area contributed by atoms with Crippen molar-refractivity contribution in [3.05, 3.63) is 30.2 Å². The van der Waals surface area contributed by atoms with E-state index in [-0.39, 0.29) is 17.8 Å². The normalized spacial score (nSPS) is 20.1. The van der Waals surface area contributed by atoms with Gasteiger partial charge in [-0.2, -0.15) is 0 Å². The molecule has 1 aliphatic carbocycles. The molecule has 2 aromatic rings. The fraction of sp³-hybridized carbons (Fsp3) is 0.654. The van der Waals surface area contributed by atoms with Gasteiger partial charge in [-0.15, -0.1) is 0 Å². The summed E-state index contributed by atoms with van der Waals surface area (Å²) >= 11 is 0. The molecule has 10 nitrogen and oxygen atoms in total. The first kappa shape index (κ1) is 27.4. The van der Waals surface area contributed by atoms with Gasteiger partial charge in [0.25, 0.3) is 0 Å². The SMILES string of the molecule is CCC(NC(=O)[C@@H](CC1CCCCC1)N=C(NS(C)(=O)=O)N1CCCC1)C(O)c1nc2ccccc2o1. The number of guanidine groups is 1. The number of aliphatic hydroxyl groups is 1. The number of sulfonamides is 1. The van der Waals surface area contributed by atoms with Crippen LogP contribution in [0.5, 0.6) is 0 Å². The quantitative estimate of drug-likeness (QED) is 0.333. The van der Waals surface area contributed by atoms with E-state index in [0.717, 1.165) is 44.8 Å². The number of aliphatic imine (C=N–C) groups is 1. The van der Waals surface area contributed by atoms with E-state index in [1.165, 1.54) is 6.42 Å². The highest BCUT2D eigenvalue weighted by Crippen LogP contribution is 2.29. The van der Waals surface area contributed by atoms with E-state index in [4.69, 9.17) is 9.41 Å². The van der Waals surface area contributed by atoms with E-state index in [1.807, 2.05) is 24.0 Å². The van der Waals surface area contributed by atoms with Gasteiger partial charge in [-0.05, 0) is 43.7 Å². The Morgan fingerprint density at radius 3 is 2.54 bits per heavy atom. The third-order valence-electron chi connectivity index (χ3n) is 7.26. The molecule has 2 heterocycles. The number of benzene rings is 1. The Labute approximate surface area is 219 Å². The van der Waals surface area contributed by atoms with E-state index >= 15 is 0 Å². The number of nitrogens with zero attached hydrogens (tertiary/aromatic N) is 3. The van der Waals surface area contributed by atoms with Gasteiger partial charge >= 0.3 is 0 Å². The highest BCUT2D eigenvalue weighted by Gasteiger charge is 2.31. The molecule has 0 spiro atoms. The Bertz CT molecular complexity index is 1150. The maximum atomic E-state index is 13.6. The van der Waals surface area contributed by atoms with Crippen LogP contribution in [0.25, 0.3) is 11.1 Å². The number of rotatable bonds is 9. The van der Waals surface area contributed by atoms with Crippen molar-refractivity contribution in [1.82, 2.24) is 19.9 Å². The standard InChI is InChI=1S/C26H39N5O5S/c1-3-19(23(32)25-28-20-13-7-8-14-22(20)36-25)27-24(33)21(17-18-11-5-4-6-12-18)29-26(30-37(2,34)35)31-15-9-10-16-31/h7-8,13-14,18-19,21,23,32H,3-6,9-12,15-17H2,1-2H3,(H,27,33)(H,29,30)/t19?,21-,23?/m1/s1. The van der Waals surface area contributed by atoms with Crippen molar-refractivity contribution < 1.29 is 22.7 Å². The third-order valence-corrected chi connectivity index (χ3v) is 7.81. The maximum Gasteiger partial charge on any atom is 0.245 e. The predicted molar refractivity (Wildman–Crippen MR) is 142 cm³/mol. The van der Waals surface area contributed by atoms with E-state index in [2.05, 4.69) is 15.0 Å². The lowest BCUT2D eigenvalue weighted by atomic mass is 9.84. The smallest absolute Gasteiger partial charge is 0.245 e. The molecule has 204 valence electrons. The molecule has 0 bridgehead atoms. The summed E-state index contributed by atoms with van der Waals surface area (Å²) in [5.74, 6) is 0.383. The molecule has 1 saturated carbocycles. The number of aliphatic hydroxyl groups excluding tert-OH is 1. The lowest BCUT2D eigenvalue weighted by Gasteiger charge is -2.28. The molecule has 37 heavy (non-hydrogen) atoms. The van der Waals surface area contributed by atoms with Gasteiger partial charge in [0.15, 0.2) is 11.7 Å². The number of para-hydroxylation sites is 2. The molecular formula is C26H39N5O5S. The summed E-state index contributed by atoms with van der Waals surface area (Å²) in [5.41, 5.74) is 1.21. The molecule has 4 rings (SSSR count). The lowest BCUT2D eigenvalue weighted by molar-refractivity contribution is -0.124. The Balaban J connectivity index is 1.57. The van der Waals surface area contributed by atoms with Gasteiger partial charge in [0.1, 0.15) is 11.6 Å². The predicted octanol–water partition coefficient (Wildman–Crippen LogP) is 3.10. The van der Waals surface area contributed by atoms with Crippen LogP contribution in [0.1, 0.15) is 76.7 Å². The fourth-order valence-electron chi connectivity index (χ4n) is 5.24. The first-order valence-electron chi connectivity index (χ1n) is 13.4. The molecule has 2 aliphatic rings. The lowest BCUT2D eigenvalue weighted by Crippen LogP contribution is -2.47. The zero-order valence-corrected chi connectivity index (χ0v) is 22.5. The summed E-state index contributed by atoms with van der Waals surface area (Å²) in [6, 6.07) is 5.84. The second kappa shape index (κ2) is 12.3. The van der Waals surface area contributed by atoms with Gasteiger partial charge in [0.2, 0.25) is 27.8 Å². The second-order valence-corrected chi connectivity index (χ2v) is 12.0. The Kier molecular flexibility index (Phi) is 9.07. The van der Waals surface area contributed by atoms with Crippen molar-refractivity contribution in [2.45, 2.75) is 82.9 Å². The Hall–Kier alpha value is -2.66. The Morgan fingerprint density at radius 1 is 1.19 bits per heavy atom. The number of oxazole rings is 1. The van der Waals surface area contributed by atoms with Gasteiger partial charge in [-0.1, -0.05) is 51.2 Å². The minimum absolute atomic E-state index is 0.150. The van der Waals surface area contributed by atoms with Crippen LogP contribution in [0.3, 0.4) is 0 Å². The van der Waals surface area contributed by atoms with Crippen LogP contribution in [-0.4, -0.2) is 66.7 Å². The van der Waals surface area contributed by atoms with Gasteiger partial charge in [-0.25, -0.2) is 18.4 Å². The number of carbonyl (C=O) groups excluding carboxylic acids is 1. The number of aromatic nitrogens is 1. The van der Waals surface area contributed by atoms with Crippen molar-refractivity contribution in [1.29, 1.82) is 0 Å². The molecule has 3 N–H and O–H groups in total. The number of hydrogen-bond acceptors (Lipinski definition) is 7. The van der Waals surface area contributed by atoms with Crippen LogP contribution in [0, 0.1) is 5.92 Å². The monoisotopic (exact) mass is 533 g/mol. The molecular weight excluding hydrogens is 494 g/mol. The first-order valence-corrected chi connectivity index (χ1v) is 15.3. The Morgan fingerprint density at radius 2 is 1.89 bits per heavy atom. The summed E-state index contributed by atoms with van der Waals surface area (Å²) < 4.78 is 32.5. The summed E-state index contributed by atoms with van der Waals surface area (Å²) in [7, 11) is -3.57. The average molecular weight is 534 g/mol. The summed E-state index contributed by atoms with van der Waals surface area (Å²) in [6.07, 6.45) is 8.33. The van der Waals surface area contributed by atoms with E-state index in [0.29, 0.717) is 42.9 Å². The molecule has 1 aliphatic heterocycles. The van der Waals surface area contributed by atoms with Crippen molar-refractivity contribution in [2.24, 2.45) is 10.9 Å². The zero-order valence-electron chi connectivity index (χ0n) is 21.7. The van der Waals surface area contributed by atoms with Crippen molar-refractivity contribution in [2.75, 3.05) is 19.3 Å². The van der Waals surface area contributed by atoms with Crippen molar-refractivity contribution in [3.8, 4) is 0 Å². The van der Waals surface area contributed by atoms with Crippen LogP contribution in [0.2, 0.25) is 0 Å². The van der Waals surface area contributed by atoms with Crippen LogP contribution in [0.4, 0.5) is 0 Å². The van der Waals surface area contributed by atoms with Gasteiger partial charge in [0, 0.05) is 13.1 Å². The van der Waals surface area contributed by atoms with E-state index in [1.54, 1.807) is 12.1 Å². The van der Waals surface area contributed by atoms with Crippen LogP contribution >= 0.6 is 0 Å². The number of likely N-dealkylation sites (tertiary alicyclic amines) is 1. The number of fused-ring (bicyclic) bond motifs is 1. The van der Waals surface area contributed by atoms with Gasteiger partial charge < -0.3 is 19.7 Å². The topological polar surface area (TPSA) is 137 Å². The zero-order chi connectivity index (χ0) is 26.4. The van der Waals surface area contributed by atoms with Crippen molar-refractivity contribution >= 4 is 33.0 Å². The summed E-state index contributed by atoms with van der Waals surface area (Å²) in [4.78, 5) is 24.6. The number of amides is 1. The molecule has 3 atom stereocenters. The highest BCUT2D eigenvalue weighted by molar-refractivity contribution is 7.89. The largest absolute Gasteiger partial charge is 0.438 e. The highest BCUT2D eigenvalue weighted by atomic mass is 32.2. The number of hydrogen-bond donors (Lipinski definition) is 3. The van der Waals surface area contributed by atoms with Crippen LogP contribution in [0.15, 0.2) is 33.7 Å². The molecule has 11 heteroatoms. The molecule has 1 saturated heterocycles.